The number of carboxylic acid groups (broad SMARTS) is 1. The predicted molar refractivity (Wildman–Crippen MR) is 131 cm³/mol. The molecule has 1 amide bonds. The first-order valence-electron chi connectivity index (χ1n) is 10.9. The Bertz CT molecular complexity index is 1370. The second-order valence-electron chi connectivity index (χ2n) is 8.30. The summed E-state index contributed by atoms with van der Waals surface area (Å²) in [5.41, 5.74) is 2.54. The summed E-state index contributed by atoms with van der Waals surface area (Å²) in [4.78, 5) is 28.3. The van der Waals surface area contributed by atoms with Crippen molar-refractivity contribution in [3.05, 3.63) is 77.9 Å². The van der Waals surface area contributed by atoms with E-state index in [2.05, 4.69) is 15.6 Å². The van der Waals surface area contributed by atoms with Gasteiger partial charge in [0.1, 0.15) is 0 Å². The quantitative estimate of drug-likeness (QED) is 0.216. The number of hydrogen-bond donors (Lipinski definition) is 4. The molecule has 4 aromatic rings. The van der Waals surface area contributed by atoms with Crippen LogP contribution in [0.15, 0.2) is 66.7 Å². The highest BCUT2D eigenvalue weighted by atomic mass is 16.5. The third-order valence-corrected chi connectivity index (χ3v) is 5.22. The van der Waals surface area contributed by atoms with Crippen LogP contribution in [0, 0.1) is 5.92 Å². The summed E-state index contributed by atoms with van der Waals surface area (Å²) in [6, 6.07) is 19.0. The molecule has 1 aromatic heterocycles. The zero-order valence-electron chi connectivity index (χ0n) is 18.8. The van der Waals surface area contributed by atoms with Gasteiger partial charge in [-0.05, 0) is 30.2 Å². The van der Waals surface area contributed by atoms with Crippen LogP contribution in [0.25, 0.3) is 21.8 Å². The summed E-state index contributed by atoms with van der Waals surface area (Å²) < 4.78 is 5.15. The average Bonchev–Trinajstić information content (AvgIpc) is 2.82. The molecular weight excluding hydrogens is 434 g/mol. The molecule has 0 bridgehead atoms. The number of aliphatic hydroxyl groups excluding tert-OH is 1. The number of amides is 1. The molecule has 34 heavy (non-hydrogen) atoms. The molecule has 0 aliphatic rings. The highest BCUT2D eigenvalue weighted by Gasteiger charge is 2.18. The van der Waals surface area contributed by atoms with Crippen molar-refractivity contribution in [2.75, 3.05) is 17.2 Å². The minimum atomic E-state index is -1.14. The zero-order valence-corrected chi connectivity index (χ0v) is 18.8. The van der Waals surface area contributed by atoms with Crippen molar-refractivity contribution >= 4 is 45.2 Å². The highest BCUT2D eigenvalue weighted by molar-refractivity contribution is 6.12. The molecule has 0 aliphatic heterocycles. The summed E-state index contributed by atoms with van der Waals surface area (Å²) in [7, 11) is 0. The first-order valence-corrected chi connectivity index (χ1v) is 10.9. The maximum Gasteiger partial charge on any atom is 0.411 e. The summed E-state index contributed by atoms with van der Waals surface area (Å²) in [5.74, 6) is -0.863. The van der Waals surface area contributed by atoms with E-state index in [9.17, 15) is 19.8 Å². The number of nitrogens with one attached hydrogen (secondary N) is 2. The average molecular weight is 460 g/mol. The maximum absolute atomic E-state index is 12.0. The molecule has 8 heteroatoms. The maximum atomic E-state index is 12.0. The molecule has 174 valence electrons. The summed E-state index contributed by atoms with van der Waals surface area (Å²) in [6.07, 6.45) is -1.71. The number of hydrogen-bond acceptors (Lipinski definition) is 6. The van der Waals surface area contributed by atoms with E-state index in [1.807, 2.05) is 32.0 Å². The number of aromatic carboxylic acids is 1. The van der Waals surface area contributed by atoms with Crippen LogP contribution in [-0.2, 0) is 4.74 Å². The fraction of sp³-hybridized carbons (Fsp3) is 0.192. The summed E-state index contributed by atoms with van der Waals surface area (Å²) in [5, 5.41) is 27.7. The number of anilines is 2. The largest absolute Gasteiger partial charge is 0.478 e. The van der Waals surface area contributed by atoms with Gasteiger partial charge in [0.15, 0.2) is 6.23 Å². The Morgan fingerprint density at radius 2 is 1.74 bits per heavy atom. The Morgan fingerprint density at radius 1 is 1.00 bits per heavy atom. The van der Waals surface area contributed by atoms with Gasteiger partial charge in [0.2, 0.25) is 0 Å². The molecule has 4 N–H and O–H groups in total. The lowest BCUT2D eigenvalue weighted by molar-refractivity contribution is 0.0698. The monoisotopic (exact) mass is 459 g/mol. The van der Waals surface area contributed by atoms with Crippen molar-refractivity contribution in [1.29, 1.82) is 0 Å². The summed E-state index contributed by atoms with van der Waals surface area (Å²) >= 11 is 0. The molecule has 1 atom stereocenters. The molecule has 0 spiro atoms. The van der Waals surface area contributed by atoms with Crippen molar-refractivity contribution in [3.8, 4) is 0 Å². The lowest BCUT2D eigenvalue weighted by atomic mass is 10.0. The van der Waals surface area contributed by atoms with Crippen molar-refractivity contribution in [2.45, 2.75) is 20.1 Å². The minimum Gasteiger partial charge on any atom is -0.478 e. The Balaban J connectivity index is 1.68. The molecule has 0 aliphatic carbocycles. The number of nitrogens with zero attached hydrogens (tertiary/aromatic N) is 1. The standard InChI is InChI=1S/C26H25N3O5/c1-15(2)14-34-26(33)27-17-8-5-7-16(13-17)24(30)29-22-18-9-3-4-12-21(18)28-23-19(22)10-6-11-20(23)25(31)32/h3-13,15,24,30H,14H2,1-2H3,(H,27,33)(H,28,29)(H,31,32). The number of para-hydroxylation sites is 2. The van der Waals surface area contributed by atoms with Crippen molar-refractivity contribution < 1.29 is 24.5 Å². The Kier molecular flexibility index (Phi) is 6.60. The van der Waals surface area contributed by atoms with Crippen LogP contribution in [0.1, 0.15) is 36.0 Å². The number of benzene rings is 3. The molecular formula is C26H25N3O5. The van der Waals surface area contributed by atoms with E-state index in [4.69, 9.17) is 4.74 Å². The van der Waals surface area contributed by atoms with Gasteiger partial charge in [-0.3, -0.25) is 5.32 Å². The van der Waals surface area contributed by atoms with Crippen LogP contribution in [0.5, 0.6) is 0 Å². The third kappa shape index (κ3) is 4.92. The van der Waals surface area contributed by atoms with E-state index >= 15 is 0 Å². The number of ether oxygens (including phenoxy) is 1. The number of carbonyl (C=O) groups excluding carboxylic acids is 1. The van der Waals surface area contributed by atoms with E-state index in [1.165, 1.54) is 6.07 Å². The van der Waals surface area contributed by atoms with Gasteiger partial charge in [0.25, 0.3) is 0 Å². The highest BCUT2D eigenvalue weighted by Crippen LogP contribution is 2.34. The van der Waals surface area contributed by atoms with Crippen LogP contribution in [-0.4, -0.2) is 33.9 Å². The van der Waals surface area contributed by atoms with Gasteiger partial charge in [-0.2, -0.15) is 0 Å². The molecule has 4 rings (SSSR count). The third-order valence-electron chi connectivity index (χ3n) is 5.22. The number of fused-ring (bicyclic) bond motifs is 2. The van der Waals surface area contributed by atoms with Crippen molar-refractivity contribution in [1.82, 2.24) is 4.98 Å². The van der Waals surface area contributed by atoms with Gasteiger partial charge in [-0.15, -0.1) is 0 Å². The Morgan fingerprint density at radius 3 is 2.50 bits per heavy atom. The fourth-order valence-corrected chi connectivity index (χ4v) is 3.64. The molecule has 1 heterocycles. The molecule has 0 fully saturated rings. The van der Waals surface area contributed by atoms with E-state index in [-0.39, 0.29) is 11.5 Å². The lowest BCUT2D eigenvalue weighted by Gasteiger charge is -2.19. The second-order valence-corrected chi connectivity index (χ2v) is 8.30. The predicted octanol–water partition coefficient (Wildman–Crippen LogP) is 5.39. The van der Waals surface area contributed by atoms with Crippen LogP contribution in [0.2, 0.25) is 0 Å². The smallest absolute Gasteiger partial charge is 0.411 e. The van der Waals surface area contributed by atoms with Gasteiger partial charge in [-0.1, -0.05) is 56.3 Å². The molecule has 8 nitrogen and oxygen atoms in total. The SMILES string of the molecule is CC(C)COC(=O)Nc1cccc(C(O)Nc2c3ccccc3nc3c(C(=O)O)cccc23)c1. The molecule has 0 radical (unpaired) electrons. The van der Waals surface area contributed by atoms with E-state index < -0.39 is 18.3 Å². The van der Waals surface area contributed by atoms with Gasteiger partial charge >= 0.3 is 12.1 Å². The normalized spacial score (nSPS) is 12.0. The van der Waals surface area contributed by atoms with Gasteiger partial charge < -0.3 is 20.3 Å². The molecule has 1 unspecified atom stereocenters. The number of aromatic nitrogens is 1. The first-order chi connectivity index (χ1) is 16.3. The fourth-order valence-electron chi connectivity index (χ4n) is 3.64. The van der Waals surface area contributed by atoms with E-state index in [1.54, 1.807) is 42.5 Å². The second kappa shape index (κ2) is 9.76. The molecule has 0 saturated heterocycles. The van der Waals surface area contributed by atoms with Gasteiger partial charge in [0.05, 0.1) is 28.9 Å². The number of pyridine rings is 1. The Hall–Kier alpha value is -4.17. The minimum absolute atomic E-state index is 0.0758. The van der Waals surface area contributed by atoms with Crippen LogP contribution < -0.4 is 10.6 Å². The number of carbonyl (C=O) groups is 2. The first kappa shape index (κ1) is 23.0. The van der Waals surface area contributed by atoms with E-state index in [0.717, 1.165) is 5.39 Å². The van der Waals surface area contributed by atoms with Crippen molar-refractivity contribution in [2.24, 2.45) is 5.92 Å². The van der Waals surface area contributed by atoms with Gasteiger partial charge in [-0.25, -0.2) is 14.6 Å². The number of rotatable bonds is 7. The van der Waals surface area contributed by atoms with E-state index in [0.29, 0.717) is 40.0 Å². The van der Waals surface area contributed by atoms with Crippen LogP contribution in [0.4, 0.5) is 16.2 Å². The van der Waals surface area contributed by atoms with Crippen LogP contribution >= 0.6 is 0 Å². The summed E-state index contributed by atoms with van der Waals surface area (Å²) in [6.45, 7) is 4.19. The number of carboxylic acids is 1. The zero-order chi connectivity index (χ0) is 24.2. The lowest BCUT2D eigenvalue weighted by Crippen LogP contribution is -2.17. The van der Waals surface area contributed by atoms with Crippen LogP contribution in [0.3, 0.4) is 0 Å². The molecule has 3 aromatic carbocycles. The molecule has 0 saturated carbocycles. The van der Waals surface area contributed by atoms with Gasteiger partial charge in [0, 0.05) is 22.0 Å². The number of aliphatic hydroxyl groups is 1. The van der Waals surface area contributed by atoms with Crippen molar-refractivity contribution in [3.63, 3.8) is 0 Å². The Labute approximate surface area is 196 Å². The topological polar surface area (TPSA) is 121 Å².